The first-order chi connectivity index (χ1) is 19.5. The van der Waals surface area contributed by atoms with E-state index in [2.05, 4.69) is 17.4 Å². The number of nitrogens with zero attached hydrogens (tertiary/aromatic N) is 1. The second-order valence-electron chi connectivity index (χ2n) is 11.5. The third-order valence-corrected chi connectivity index (χ3v) is 8.54. The van der Waals surface area contributed by atoms with Gasteiger partial charge in [-0.25, -0.2) is 9.18 Å². The maximum atomic E-state index is 15.4. The van der Waals surface area contributed by atoms with Gasteiger partial charge in [-0.15, -0.1) is 11.8 Å². The molecule has 0 radical (unpaired) electrons. The number of ketones is 1. The minimum absolute atomic E-state index is 0.0319. The number of Topliss-reactive ketones (excluding diaryl/α,β-unsaturated/α-hetero) is 1. The lowest BCUT2D eigenvalue weighted by molar-refractivity contribution is -0.120. The molecule has 1 aliphatic carbocycles. The number of thioether (sulfide) groups is 1. The molecule has 5 rings (SSSR count). The summed E-state index contributed by atoms with van der Waals surface area (Å²) < 4.78 is 20.8. The van der Waals surface area contributed by atoms with Gasteiger partial charge in [0.05, 0.1) is 17.8 Å². The monoisotopic (exact) mass is 594 g/mol. The highest BCUT2D eigenvalue weighted by atomic mass is 35.5. The summed E-state index contributed by atoms with van der Waals surface area (Å²) in [5.41, 5.74) is 1.64. The molecule has 1 heterocycles. The minimum atomic E-state index is -0.921. The normalized spacial score (nSPS) is 20.2. The molecule has 0 saturated heterocycles. The minimum Gasteiger partial charge on any atom is -0.444 e. The number of ether oxygens (including phenoxy) is 1. The van der Waals surface area contributed by atoms with Crippen LogP contribution in [0.25, 0.3) is 0 Å². The number of benzene rings is 3. The van der Waals surface area contributed by atoms with Crippen LogP contribution < -0.4 is 10.2 Å². The number of carbonyl (C=O) groups is 3. The summed E-state index contributed by atoms with van der Waals surface area (Å²) in [7, 11) is 0. The van der Waals surface area contributed by atoms with E-state index in [1.54, 1.807) is 45.0 Å². The summed E-state index contributed by atoms with van der Waals surface area (Å²) in [6.07, 6.45) is 0.404. The van der Waals surface area contributed by atoms with Crippen LogP contribution in [0, 0.1) is 11.7 Å². The Hall–Kier alpha value is -3.36. The molecule has 1 saturated carbocycles. The Morgan fingerprint density at radius 3 is 2.49 bits per heavy atom. The quantitative estimate of drug-likeness (QED) is 0.289. The van der Waals surface area contributed by atoms with Crippen LogP contribution in [0.1, 0.15) is 61.0 Å². The number of carbonyl (C=O) groups excluding carboxylic acids is 3. The van der Waals surface area contributed by atoms with Crippen LogP contribution in [0.3, 0.4) is 0 Å². The summed E-state index contributed by atoms with van der Waals surface area (Å²) in [6.45, 7) is 5.37. The molecule has 0 spiro atoms. The zero-order chi connectivity index (χ0) is 29.3. The highest BCUT2D eigenvalue weighted by Gasteiger charge is 2.40. The lowest BCUT2D eigenvalue weighted by atomic mass is 10.0. The molecule has 214 valence electrons. The molecule has 9 heteroatoms. The molecule has 6 nitrogen and oxygen atoms in total. The van der Waals surface area contributed by atoms with Gasteiger partial charge in [0.1, 0.15) is 17.5 Å². The van der Waals surface area contributed by atoms with E-state index in [0.29, 0.717) is 21.5 Å². The maximum absolute atomic E-state index is 15.4. The van der Waals surface area contributed by atoms with E-state index >= 15 is 4.39 Å². The Labute approximate surface area is 248 Å². The fraction of sp³-hybridized carbons (Fsp3) is 0.344. The number of fused-ring (bicyclic) bond motifs is 1. The SMILES string of the molecule is CC(C)(C)OC(=O)N[C@H]1CSc2cc(F)c(C(=O)C[C@H]3C[C@@H]3c3ccccc3)cc2N(Cc2ccc(Cl)cc2)C1=O. The van der Waals surface area contributed by atoms with Crippen molar-refractivity contribution in [3.63, 3.8) is 0 Å². The Balaban J connectivity index is 1.42. The van der Waals surface area contributed by atoms with Crippen LogP contribution in [0.15, 0.2) is 71.6 Å². The molecule has 0 bridgehead atoms. The van der Waals surface area contributed by atoms with Gasteiger partial charge in [0, 0.05) is 22.1 Å². The molecule has 41 heavy (non-hydrogen) atoms. The molecular weight excluding hydrogens is 563 g/mol. The Bertz CT molecular complexity index is 1460. The number of hydrogen-bond acceptors (Lipinski definition) is 5. The molecule has 2 amide bonds. The largest absolute Gasteiger partial charge is 0.444 e. The first-order valence-electron chi connectivity index (χ1n) is 13.6. The Morgan fingerprint density at radius 2 is 1.80 bits per heavy atom. The van der Waals surface area contributed by atoms with Gasteiger partial charge < -0.3 is 15.0 Å². The van der Waals surface area contributed by atoms with Crippen molar-refractivity contribution in [3.05, 3.63) is 94.3 Å². The molecule has 3 aromatic carbocycles. The smallest absolute Gasteiger partial charge is 0.408 e. The van der Waals surface area contributed by atoms with Crippen LogP contribution in [0.2, 0.25) is 5.02 Å². The standard InChI is InChI=1S/C32H32ClFN2O4S/c1-32(2,3)40-31(39)35-26-18-41-29-16-25(34)24(28(37)14-21-13-23(21)20-7-5-4-6-8-20)15-27(29)36(30(26)38)17-19-9-11-22(33)12-10-19/h4-12,15-16,21,23,26H,13-14,17-18H2,1-3H3,(H,35,39)/t21-,23-,26+/m1/s1. The topological polar surface area (TPSA) is 75.7 Å². The number of anilines is 1. The Kier molecular flexibility index (Phi) is 8.43. The van der Waals surface area contributed by atoms with Gasteiger partial charge in [-0.2, -0.15) is 0 Å². The number of hydrogen-bond donors (Lipinski definition) is 1. The fourth-order valence-electron chi connectivity index (χ4n) is 5.05. The van der Waals surface area contributed by atoms with E-state index < -0.39 is 23.6 Å². The van der Waals surface area contributed by atoms with Crippen molar-refractivity contribution >= 4 is 46.8 Å². The third-order valence-electron chi connectivity index (χ3n) is 7.15. The molecule has 2 aliphatic rings. The lowest BCUT2D eigenvalue weighted by Gasteiger charge is -2.27. The molecule has 3 aromatic rings. The number of alkyl carbamates (subject to hydrolysis) is 1. The number of rotatable bonds is 7. The van der Waals surface area contributed by atoms with E-state index in [0.717, 1.165) is 12.0 Å². The van der Waals surface area contributed by atoms with Gasteiger partial charge in [-0.1, -0.05) is 54.1 Å². The second kappa shape index (κ2) is 11.9. The predicted molar refractivity (Wildman–Crippen MR) is 159 cm³/mol. The molecule has 0 aromatic heterocycles. The van der Waals surface area contributed by atoms with Crippen molar-refractivity contribution < 1.29 is 23.5 Å². The van der Waals surface area contributed by atoms with E-state index in [1.165, 1.54) is 34.4 Å². The highest BCUT2D eigenvalue weighted by molar-refractivity contribution is 7.99. The average molecular weight is 595 g/mol. The number of halogens is 2. The van der Waals surface area contributed by atoms with Gasteiger partial charge in [0.2, 0.25) is 0 Å². The van der Waals surface area contributed by atoms with Gasteiger partial charge in [0.25, 0.3) is 5.91 Å². The van der Waals surface area contributed by atoms with Gasteiger partial charge in [-0.05, 0) is 74.4 Å². The van der Waals surface area contributed by atoms with Gasteiger partial charge in [0.15, 0.2) is 5.78 Å². The summed E-state index contributed by atoms with van der Waals surface area (Å²) in [5.74, 6) is -0.654. The summed E-state index contributed by atoms with van der Waals surface area (Å²) in [4.78, 5) is 41.8. The zero-order valence-electron chi connectivity index (χ0n) is 23.2. The highest BCUT2D eigenvalue weighted by Crippen LogP contribution is 2.50. The summed E-state index contributed by atoms with van der Waals surface area (Å²) in [5, 5.41) is 3.23. The van der Waals surface area contributed by atoms with Crippen LogP contribution in [-0.4, -0.2) is 35.2 Å². The zero-order valence-corrected chi connectivity index (χ0v) is 24.7. The van der Waals surface area contributed by atoms with Crippen LogP contribution in [-0.2, 0) is 16.1 Å². The predicted octanol–water partition coefficient (Wildman–Crippen LogP) is 7.39. The second-order valence-corrected chi connectivity index (χ2v) is 13.0. The molecule has 1 fully saturated rings. The number of nitrogens with one attached hydrogen (secondary N) is 1. The average Bonchev–Trinajstić information content (AvgIpc) is 3.70. The van der Waals surface area contributed by atoms with Crippen molar-refractivity contribution in [1.82, 2.24) is 5.32 Å². The van der Waals surface area contributed by atoms with Crippen molar-refractivity contribution in [1.29, 1.82) is 0 Å². The molecule has 3 atom stereocenters. The summed E-state index contributed by atoms with van der Waals surface area (Å²) in [6, 6.07) is 19.0. The first-order valence-corrected chi connectivity index (χ1v) is 14.9. The van der Waals surface area contributed by atoms with Crippen LogP contribution in [0.5, 0.6) is 0 Å². The lowest BCUT2D eigenvalue weighted by Crippen LogP contribution is -2.50. The molecule has 1 N–H and O–H groups in total. The van der Waals surface area contributed by atoms with Crippen molar-refractivity contribution in [3.8, 4) is 0 Å². The first kappa shape index (κ1) is 29.1. The third kappa shape index (κ3) is 7.11. The number of amides is 2. The molecule has 0 unspecified atom stereocenters. The van der Waals surface area contributed by atoms with Crippen molar-refractivity contribution in [2.75, 3.05) is 10.7 Å². The van der Waals surface area contributed by atoms with E-state index in [4.69, 9.17) is 16.3 Å². The maximum Gasteiger partial charge on any atom is 0.408 e. The van der Waals surface area contributed by atoms with Crippen molar-refractivity contribution in [2.24, 2.45) is 5.92 Å². The van der Waals surface area contributed by atoms with E-state index in [-0.39, 0.29) is 41.9 Å². The molecule has 1 aliphatic heterocycles. The van der Waals surface area contributed by atoms with E-state index in [9.17, 15) is 14.4 Å². The molecular formula is C32H32ClFN2O4S. The van der Waals surface area contributed by atoms with Crippen LogP contribution >= 0.6 is 23.4 Å². The van der Waals surface area contributed by atoms with Crippen molar-refractivity contribution in [2.45, 2.75) is 62.6 Å². The Morgan fingerprint density at radius 1 is 1.10 bits per heavy atom. The fourth-order valence-corrected chi connectivity index (χ4v) is 6.26. The van der Waals surface area contributed by atoms with Gasteiger partial charge >= 0.3 is 6.09 Å². The van der Waals surface area contributed by atoms with Gasteiger partial charge in [-0.3, -0.25) is 9.59 Å². The summed E-state index contributed by atoms with van der Waals surface area (Å²) >= 11 is 7.32. The van der Waals surface area contributed by atoms with Crippen LogP contribution in [0.4, 0.5) is 14.9 Å². The van der Waals surface area contributed by atoms with E-state index in [1.807, 2.05) is 18.2 Å².